The summed E-state index contributed by atoms with van der Waals surface area (Å²) in [6, 6.07) is 0.600. The largest absolute Gasteiger partial charge is 0.381 e. The van der Waals surface area contributed by atoms with Crippen molar-refractivity contribution in [1.82, 2.24) is 5.32 Å². The SMILES string of the molecule is COC1CC(NCC=C(C)C)C1(C)C. The van der Waals surface area contributed by atoms with E-state index in [0.717, 1.165) is 13.0 Å². The van der Waals surface area contributed by atoms with Gasteiger partial charge in [-0.15, -0.1) is 0 Å². The second-order valence-electron chi connectivity index (χ2n) is 5.02. The molecule has 1 N–H and O–H groups in total. The van der Waals surface area contributed by atoms with Crippen LogP contribution in [0.25, 0.3) is 0 Å². The van der Waals surface area contributed by atoms with Gasteiger partial charge in [0, 0.05) is 25.1 Å². The molecule has 1 aliphatic rings. The molecule has 1 fully saturated rings. The predicted octanol–water partition coefficient (Wildman–Crippen LogP) is 2.36. The van der Waals surface area contributed by atoms with Crippen LogP contribution < -0.4 is 5.32 Å². The van der Waals surface area contributed by atoms with Crippen molar-refractivity contribution in [2.45, 2.75) is 46.3 Å². The molecular formula is C12H23NO. The van der Waals surface area contributed by atoms with Crippen LogP contribution in [0.3, 0.4) is 0 Å². The molecule has 82 valence electrons. The van der Waals surface area contributed by atoms with E-state index in [1.165, 1.54) is 5.57 Å². The van der Waals surface area contributed by atoms with Crippen LogP contribution in [-0.4, -0.2) is 25.8 Å². The van der Waals surface area contributed by atoms with Crippen LogP contribution >= 0.6 is 0 Å². The molecule has 0 aromatic carbocycles. The van der Waals surface area contributed by atoms with Crippen molar-refractivity contribution >= 4 is 0 Å². The van der Waals surface area contributed by atoms with Crippen molar-refractivity contribution in [1.29, 1.82) is 0 Å². The van der Waals surface area contributed by atoms with Crippen LogP contribution in [0.4, 0.5) is 0 Å². The highest BCUT2D eigenvalue weighted by molar-refractivity contribution is 5.04. The topological polar surface area (TPSA) is 21.3 Å². The van der Waals surface area contributed by atoms with Gasteiger partial charge in [-0.1, -0.05) is 25.5 Å². The Morgan fingerprint density at radius 3 is 2.57 bits per heavy atom. The molecule has 0 saturated heterocycles. The van der Waals surface area contributed by atoms with E-state index < -0.39 is 0 Å². The van der Waals surface area contributed by atoms with Gasteiger partial charge in [-0.25, -0.2) is 0 Å². The summed E-state index contributed by atoms with van der Waals surface area (Å²) in [7, 11) is 1.80. The summed E-state index contributed by atoms with van der Waals surface area (Å²) in [5.74, 6) is 0. The monoisotopic (exact) mass is 197 g/mol. The van der Waals surface area contributed by atoms with E-state index in [-0.39, 0.29) is 5.41 Å². The number of nitrogens with one attached hydrogen (secondary N) is 1. The fraction of sp³-hybridized carbons (Fsp3) is 0.833. The smallest absolute Gasteiger partial charge is 0.0652 e. The van der Waals surface area contributed by atoms with Crippen LogP contribution in [0.2, 0.25) is 0 Å². The Bertz CT molecular complexity index is 216. The Morgan fingerprint density at radius 1 is 1.50 bits per heavy atom. The number of hydrogen-bond acceptors (Lipinski definition) is 2. The van der Waals surface area contributed by atoms with Gasteiger partial charge in [0.15, 0.2) is 0 Å². The van der Waals surface area contributed by atoms with Gasteiger partial charge >= 0.3 is 0 Å². The fourth-order valence-corrected chi connectivity index (χ4v) is 2.04. The first-order chi connectivity index (χ1) is 6.48. The normalized spacial score (nSPS) is 29.5. The standard InChI is InChI=1S/C12H23NO/c1-9(2)6-7-13-10-8-11(14-5)12(10,3)4/h6,10-11,13H,7-8H2,1-5H3. The maximum atomic E-state index is 5.40. The summed E-state index contributed by atoms with van der Waals surface area (Å²) in [6.07, 6.45) is 3.79. The number of hydrogen-bond donors (Lipinski definition) is 1. The average Bonchev–Trinajstić information content (AvgIpc) is 2.09. The highest BCUT2D eigenvalue weighted by atomic mass is 16.5. The van der Waals surface area contributed by atoms with Gasteiger partial charge in [-0.3, -0.25) is 0 Å². The minimum absolute atomic E-state index is 0.282. The first kappa shape index (κ1) is 11.7. The zero-order valence-electron chi connectivity index (χ0n) is 10.1. The molecular weight excluding hydrogens is 174 g/mol. The maximum Gasteiger partial charge on any atom is 0.0652 e. The first-order valence-electron chi connectivity index (χ1n) is 5.38. The second-order valence-corrected chi connectivity index (χ2v) is 5.02. The van der Waals surface area contributed by atoms with Crippen LogP contribution in [-0.2, 0) is 4.74 Å². The number of allylic oxidation sites excluding steroid dienone is 1. The van der Waals surface area contributed by atoms with Crippen molar-refractivity contribution in [2.24, 2.45) is 5.41 Å². The molecule has 0 amide bonds. The average molecular weight is 197 g/mol. The predicted molar refractivity (Wildman–Crippen MR) is 60.4 cm³/mol. The molecule has 1 aliphatic carbocycles. The second kappa shape index (κ2) is 4.45. The summed E-state index contributed by atoms with van der Waals surface area (Å²) < 4.78 is 5.40. The van der Waals surface area contributed by atoms with Crippen molar-refractivity contribution < 1.29 is 4.74 Å². The molecule has 1 saturated carbocycles. The van der Waals surface area contributed by atoms with E-state index in [4.69, 9.17) is 4.74 Å². The Kier molecular flexibility index (Phi) is 3.73. The summed E-state index contributed by atoms with van der Waals surface area (Å²) in [4.78, 5) is 0. The summed E-state index contributed by atoms with van der Waals surface area (Å²) in [5, 5.41) is 3.55. The van der Waals surface area contributed by atoms with Crippen molar-refractivity contribution in [3.8, 4) is 0 Å². The summed E-state index contributed by atoms with van der Waals surface area (Å²) in [6.45, 7) is 9.78. The molecule has 0 heterocycles. The van der Waals surface area contributed by atoms with E-state index in [1.807, 2.05) is 0 Å². The molecule has 2 heteroatoms. The lowest BCUT2D eigenvalue weighted by molar-refractivity contribution is -0.0964. The molecule has 14 heavy (non-hydrogen) atoms. The van der Waals surface area contributed by atoms with Gasteiger partial charge in [0.1, 0.15) is 0 Å². The van der Waals surface area contributed by atoms with E-state index >= 15 is 0 Å². The quantitative estimate of drug-likeness (QED) is 0.699. The minimum atomic E-state index is 0.282. The highest BCUT2D eigenvalue weighted by Gasteiger charge is 2.47. The highest BCUT2D eigenvalue weighted by Crippen LogP contribution is 2.42. The molecule has 0 aromatic rings. The molecule has 0 bridgehead atoms. The van der Waals surface area contributed by atoms with Gasteiger partial charge in [0.2, 0.25) is 0 Å². The summed E-state index contributed by atoms with van der Waals surface area (Å²) in [5.41, 5.74) is 1.66. The van der Waals surface area contributed by atoms with Gasteiger partial charge in [-0.05, 0) is 20.3 Å². The lowest BCUT2D eigenvalue weighted by atomic mass is 9.64. The third kappa shape index (κ3) is 2.37. The van der Waals surface area contributed by atoms with Gasteiger partial charge in [0.25, 0.3) is 0 Å². The molecule has 2 nitrogen and oxygen atoms in total. The molecule has 2 atom stereocenters. The van der Waals surface area contributed by atoms with Crippen molar-refractivity contribution in [3.05, 3.63) is 11.6 Å². The van der Waals surface area contributed by atoms with E-state index in [1.54, 1.807) is 7.11 Å². The van der Waals surface area contributed by atoms with Gasteiger partial charge in [-0.2, -0.15) is 0 Å². The molecule has 0 aliphatic heterocycles. The van der Waals surface area contributed by atoms with E-state index in [9.17, 15) is 0 Å². The lowest BCUT2D eigenvalue weighted by Gasteiger charge is -2.51. The Labute approximate surface area is 87.7 Å². The Hall–Kier alpha value is -0.340. The Morgan fingerprint density at radius 2 is 2.14 bits per heavy atom. The van der Waals surface area contributed by atoms with Crippen LogP contribution in [0.15, 0.2) is 11.6 Å². The molecule has 2 unspecified atom stereocenters. The molecule has 0 spiro atoms. The van der Waals surface area contributed by atoms with E-state index in [0.29, 0.717) is 12.1 Å². The van der Waals surface area contributed by atoms with Crippen LogP contribution in [0.5, 0.6) is 0 Å². The van der Waals surface area contributed by atoms with Crippen molar-refractivity contribution in [2.75, 3.05) is 13.7 Å². The first-order valence-corrected chi connectivity index (χ1v) is 5.38. The molecule has 0 aromatic heterocycles. The van der Waals surface area contributed by atoms with Crippen molar-refractivity contribution in [3.63, 3.8) is 0 Å². The molecule has 0 radical (unpaired) electrons. The minimum Gasteiger partial charge on any atom is -0.381 e. The zero-order valence-corrected chi connectivity index (χ0v) is 10.1. The Balaban J connectivity index is 2.32. The van der Waals surface area contributed by atoms with Gasteiger partial charge < -0.3 is 10.1 Å². The number of rotatable bonds is 4. The third-order valence-electron chi connectivity index (χ3n) is 3.34. The van der Waals surface area contributed by atoms with Gasteiger partial charge in [0.05, 0.1) is 6.10 Å². The lowest BCUT2D eigenvalue weighted by Crippen LogP contribution is -2.60. The molecule has 1 rings (SSSR count). The summed E-state index contributed by atoms with van der Waals surface area (Å²) >= 11 is 0. The number of ether oxygens (including phenoxy) is 1. The van der Waals surface area contributed by atoms with Crippen LogP contribution in [0.1, 0.15) is 34.1 Å². The zero-order chi connectivity index (χ0) is 10.8. The van der Waals surface area contributed by atoms with E-state index in [2.05, 4.69) is 39.1 Å². The van der Waals surface area contributed by atoms with Crippen LogP contribution in [0, 0.1) is 5.41 Å². The maximum absolute atomic E-state index is 5.40. The fourth-order valence-electron chi connectivity index (χ4n) is 2.04. The number of methoxy groups -OCH3 is 1. The third-order valence-corrected chi connectivity index (χ3v) is 3.34.